The molecule has 0 aromatic heterocycles. The number of carbonyl (C=O) groups is 1. The molecule has 1 aliphatic heterocycles. The zero-order valence-electron chi connectivity index (χ0n) is 9.91. The first-order valence-electron chi connectivity index (χ1n) is 5.88. The van der Waals surface area contributed by atoms with Gasteiger partial charge < -0.3 is 9.64 Å². The van der Waals surface area contributed by atoms with Crippen LogP contribution in [0.25, 0.3) is 0 Å². The molecule has 0 spiro atoms. The Balaban J connectivity index is 2.22. The highest BCUT2D eigenvalue weighted by Crippen LogP contribution is 2.14. The van der Waals surface area contributed by atoms with E-state index in [1.165, 1.54) is 6.07 Å². The summed E-state index contributed by atoms with van der Waals surface area (Å²) in [5.74, 6) is -0.681. The van der Waals surface area contributed by atoms with Gasteiger partial charge in [0.2, 0.25) is 0 Å². The minimum absolute atomic E-state index is 0.172. The van der Waals surface area contributed by atoms with E-state index in [1.54, 1.807) is 17.0 Å². The van der Waals surface area contributed by atoms with Gasteiger partial charge in [0.05, 0.1) is 18.8 Å². The lowest BCUT2D eigenvalue weighted by Crippen LogP contribution is -2.41. The van der Waals surface area contributed by atoms with E-state index in [4.69, 9.17) is 4.74 Å². The van der Waals surface area contributed by atoms with Crippen LogP contribution in [0.2, 0.25) is 0 Å². The Morgan fingerprint density at radius 1 is 1.41 bits per heavy atom. The Bertz CT molecular complexity index is 414. The molecule has 1 aliphatic rings. The molecule has 1 heterocycles. The number of morpholine rings is 1. The highest BCUT2D eigenvalue weighted by atomic mass is 19.1. The maximum atomic E-state index is 13.6. The second-order valence-corrected chi connectivity index (χ2v) is 4.07. The fourth-order valence-corrected chi connectivity index (χ4v) is 1.89. The van der Waals surface area contributed by atoms with Crippen molar-refractivity contribution in [3.63, 3.8) is 0 Å². The van der Waals surface area contributed by atoms with Crippen molar-refractivity contribution in [2.45, 2.75) is 13.3 Å². The number of carbonyl (C=O) groups excluding carboxylic acids is 1. The summed E-state index contributed by atoms with van der Waals surface area (Å²) in [6, 6.07) is 4.73. The van der Waals surface area contributed by atoms with Gasteiger partial charge in [-0.05, 0) is 24.1 Å². The molecule has 17 heavy (non-hydrogen) atoms. The highest BCUT2D eigenvalue weighted by molar-refractivity contribution is 5.94. The molecule has 3 nitrogen and oxygen atoms in total. The van der Waals surface area contributed by atoms with E-state index < -0.39 is 5.82 Å². The SMILES string of the molecule is CCc1ccc(F)c(C(=O)N2CCOCC2)c1. The number of rotatable bonds is 2. The monoisotopic (exact) mass is 237 g/mol. The number of hydrogen-bond acceptors (Lipinski definition) is 2. The van der Waals surface area contributed by atoms with Crippen LogP contribution in [0.3, 0.4) is 0 Å². The standard InChI is InChI=1S/C13H16FNO2/c1-2-10-3-4-12(14)11(9-10)13(16)15-5-7-17-8-6-15/h3-4,9H,2,5-8H2,1H3. The van der Waals surface area contributed by atoms with Crippen molar-refractivity contribution in [3.8, 4) is 0 Å². The second-order valence-electron chi connectivity index (χ2n) is 4.07. The normalized spacial score (nSPS) is 16.0. The van der Waals surface area contributed by atoms with Crippen molar-refractivity contribution < 1.29 is 13.9 Å². The molecule has 1 fully saturated rings. The van der Waals surface area contributed by atoms with Crippen molar-refractivity contribution in [2.24, 2.45) is 0 Å². The summed E-state index contributed by atoms with van der Waals surface area (Å²) < 4.78 is 18.8. The summed E-state index contributed by atoms with van der Waals surface area (Å²) in [6.07, 6.45) is 0.795. The smallest absolute Gasteiger partial charge is 0.256 e. The molecule has 0 unspecified atom stereocenters. The number of nitrogens with zero attached hydrogens (tertiary/aromatic N) is 1. The van der Waals surface area contributed by atoms with E-state index >= 15 is 0 Å². The number of aryl methyl sites for hydroxylation is 1. The Morgan fingerprint density at radius 3 is 2.76 bits per heavy atom. The lowest BCUT2D eigenvalue weighted by molar-refractivity contribution is 0.0300. The Morgan fingerprint density at radius 2 is 2.12 bits per heavy atom. The molecular formula is C13H16FNO2. The molecule has 0 atom stereocenters. The molecule has 1 saturated heterocycles. The van der Waals surface area contributed by atoms with Gasteiger partial charge in [0, 0.05) is 13.1 Å². The number of amides is 1. The number of hydrogen-bond donors (Lipinski definition) is 0. The van der Waals surface area contributed by atoms with E-state index in [2.05, 4.69) is 0 Å². The molecule has 1 aromatic rings. The summed E-state index contributed by atoms with van der Waals surface area (Å²) in [5, 5.41) is 0. The first kappa shape index (κ1) is 12.0. The van der Waals surface area contributed by atoms with Crippen molar-refractivity contribution in [3.05, 3.63) is 35.1 Å². The predicted molar refractivity (Wildman–Crippen MR) is 62.5 cm³/mol. The molecule has 0 aliphatic carbocycles. The Kier molecular flexibility index (Phi) is 3.74. The van der Waals surface area contributed by atoms with Crippen LogP contribution in [0.1, 0.15) is 22.8 Å². The van der Waals surface area contributed by atoms with Gasteiger partial charge in [-0.2, -0.15) is 0 Å². The second kappa shape index (κ2) is 5.27. The van der Waals surface area contributed by atoms with Crippen LogP contribution < -0.4 is 0 Å². The fraction of sp³-hybridized carbons (Fsp3) is 0.462. The topological polar surface area (TPSA) is 29.5 Å². The first-order valence-corrected chi connectivity index (χ1v) is 5.88. The molecule has 2 rings (SSSR count). The van der Waals surface area contributed by atoms with E-state index in [0.29, 0.717) is 26.3 Å². The van der Waals surface area contributed by atoms with E-state index in [-0.39, 0.29) is 11.5 Å². The summed E-state index contributed by atoms with van der Waals surface area (Å²) in [6.45, 7) is 4.11. The predicted octanol–water partition coefficient (Wildman–Crippen LogP) is 1.86. The summed E-state index contributed by atoms with van der Waals surface area (Å²) in [5.41, 5.74) is 1.15. The van der Waals surface area contributed by atoms with Gasteiger partial charge in [-0.1, -0.05) is 13.0 Å². The van der Waals surface area contributed by atoms with Gasteiger partial charge in [0.1, 0.15) is 5.82 Å². The van der Waals surface area contributed by atoms with E-state index in [0.717, 1.165) is 12.0 Å². The summed E-state index contributed by atoms with van der Waals surface area (Å²) in [4.78, 5) is 13.8. The average Bonchev–Trinajstić information content (AvgIpc) is 2.39. The van der Waals surface area contributed by atoms with Gasteiger partial charge >= 0.3 is 0 Å². The van der Waals surface area contributed by atoms with Gasteiger partial charge in [-0.3, -0.25) is 4.79 Å². The summed E-state index contributed by atoms with van der Waals surface area (Å²) >= 11 is 0. The van der Waals surface area contributed by atoms with Gasteiger partial charge in [0.15, 0.2) is 0 Å². The van der Waals surface area contributed by atoms with Crippen LogP contribution in [0, 0.1) is 5.82 Å². The fourth-order valence-electron chi connectivity index (χ4n) is 1.89. The Hall–Kier alpha value is -1.42. The number of benzene rings is 1. The molecular weight excluding hydrogens is 221 g/mol. The average molecular weight is 237 g/mol. The van der Waals surface area contributed by atoms with Crippen LogP contribution in [-0.2, 0) is 11.2 Å². The molecule has 1 aromatic carbocycles. The van der Waals surface area contributed by atoms with Crippen LogP contribution in [0.4, 0.5) is 4.39 Å². The molecule has 0 bridgehead atoms. The third-order valence-electron chi connectivity index (χ3n) is 2.97. The molecule has 92 valence electrons. The van der Waals surface area contributed by atoms with Gasteiger partial charge in [0.25, 0.3) is 5.91 Å². The van der Waals surface area contributed by atoms with E-state index in [9.17, 15) is 9.18 Å². The van der Waals surface area contributed by atoms with Crippen molar-refractivity contribution in [2.75, 3.05) is 26.3 Å². The van der Waals surface area contributed by atoms with Gasteiger partial charge in [-0.25, -0.2) is 4.39 Å². The quantitative estimate of drug-likeness (QED) is 0.785. The van der Waals surface area contributed by atoms with Crippen molar-refractivity contribution in [1.29, 1.82) is 0 Å². The largest absolute Gasteiger partial charge is 0.378 e. The number of halogens is 1. The van der Waals surface area contributed by atoms with Crippen molar-refractivity contribution in [1.82, 2.24) is 4.90 Å². The van der Waals surface area contributed by atoms with E-state index in [1.807, 2.05) is 6.92 Å². The molecule has 0 radical (unpaired) electrons. The molecule has 0 N–H and O–H groups in total. The van der Waals surface area contributed by atoms with Crippen molar-refractivity contribution >= 4 is 5.91 Å². The lowest BCUT2D eigenvalue weighted by atomic mass is 10.1. The molecule has 0 saturated carbocycles. The Labute approximate surface area is 100 Å². The van der Waals surface area contributed by atoms with Crippen LogP contribution >= 0.6 is 0 Å². The zero-order chi connectivity index (χ0) is 12.3. The maximum Gasteiger partial charge on any atom is 0.256 e. The molecule has 4 heteroatoms. The van der Waals surface area contributed by atoms with Crippen LogP contribution in [-0.4, -0.2) is 37.1 Å². The third kappa shape index (κ3) is 2.64. The lowest BCUT2D eigenvalue weighted by Gasteiger charge is -2.27. The van der Waals surface area contributed by atoms with Gasteiger partial charge in [-0.15, -0.1) is 0 Å². The first-order chi connectivity index (χ1) is 8.22. The third-order valence-corrected chi connectivity index (χ3v) is 2.97. The van der Waals surface area contributed by atoms with Crippen LogP contribution in [0.5, 0.6) is 0 Å². The minimum Gasteiger partial charge on any atom is -0.378 e. The molecule has 1 amide bonds. The zero-order valence-corrected chi connectivity index (χ0v) is 9.91. The maximum absolute atomic E-state index is 13.6. The summed E-state index contributed by atoms with van der Waals surface area (Å²) in [7, 11) is 0. The van der Waals surface area contributed by atoms with Crippen LogP contribution in [0.15, 0.2) is 18.2 Å². The highest BCUT2D eigenvalue weighted by Gasteiger charge is 2.21. The number of ether oxygens (including phenoxy) is 1. The minimum atomic E-state index is -0.446.